The number of nitrogens with zero attached hydrogens (tertiary/aromatic N) is 2. The van der Waals surface area contributed by atoms with Gasteiger partial charge in [-0.1, -0.05) is 6.07 Å². The normalized spacial score (nSPS) is 10.6. The van der Waals surface area contributed by atoms with Gasteiger partial charge in [-0.2, -0.15) is 5.10 Å². The van der Waals surface area contributed by atoms with E-state index in [-0.39, 0.29) is 16.8 Å². The van der Waals surface area contributed by atoms with Crippen LogP contribution in [0, 0.1) is 21.7 Å². The van der Waals surface area contributed by atoms with Gasteiger partial charge in [0.15, 0.2) is 0 Å². The molecule has 0 radical (unpaired) electrons. The van der Waals surface area contributed by atoms with E-state index in [1.54, 1.807) is 0 Å². The maximum Gasteiger partial charge on any atom is 0.271 e. The van der Waals surface area contributed by atoms with Crippen molar-refractivity contribution in [3.05, 3.63) is 75.3 Å². The zero-order valence-corrected chi connectivity index (χ0v) is 11.0. The summed E-state index contributed by atoms with van der Waals surface area (Å²) >= 11 is 0. The van der Waals surface area contributed by atoms with E-state index in [1.165, 1.54) is 18.2 Å². The summed E-state index contributed by atoms with van der Waals surface area (Å²) in [4.78, 5) is 21.7. The second-order valence-corrected chi connectivity index (χ2v) is 4.17. The van der Waals surface area contributed by atoms with E-state index in [9.17, 15) is 23.7 Å². The molecule has 2 aromatic rings. The van der Waals surface area contributed by atoms with Gasteiger partial charge in [-0.05, 0) is 18.2 Å². The molecule has 0 saturated heterocycles. The summed E-state index contributed by atoms with van der Waals surface area (Å²) in [7, 11) is 0. The molecule has 0 aliphatic rings. The van der Waals surface area contributed by atoms with Crippen molar-refractivity contribution in [3.63, 3.8) is 0 Å². The van der Waals surface area contributed by atoms with Crippen LogP contribution in [0.3, 0.4) is 0 Å². The molecule has 22 heavy (non-hydrogen) atoms. The van der Waals surface area contributed by atoms with E-state index in [0.717, 1.165) is 24.4 Å². The highest BCUT2D eigenvalue weighted by Gasteiger charge is 2.10. The smallest absolute Gasteiger partial charge is 0.267 e. The van der Waals surface area contributed by atoms with Crippen molar-refractivity contribution in [2.75, 3.05) is 0 Å². The lowest BCUT2D eigenvalue weighted by atomic mass is 10.2. The van der Waals surface area contributed by atoms with Gasteiger partial charge in [-0.3, -0.25) is 14.9 Å². The molecule has 6 nitrogen and oxygen atoms in total. The zero-order valence-electron chi connectivity index (χ0n) is 11.0. The van der Waals surface area contributed by atoms with Crippen molar-refractivity contribution in [2.45, 2.75) is 0 Å². The van der Waals surface area contributed by atoms with Crippen LogP contribution in [0.25, 0.3) is 0 Å². The van der Waals surface area contributed by atoms with E-state index in [1.807, 2.05) is 0 Å². The van der Waals surface area contributed by atoms with Crippen LogP contribution < -0.4 is 5.43 Å². The van der Waals surface area contributed by atoms with Crippen molar-refractivity contribution >= 4 is 17.8 Å². The van der Waals surface area contributed by atoms with Crippen LogP contribution in [0.2, 0.25) is 0 Å². The minimum absolute atomic E-state index is 0.0132. The maximum absolute atomic E-state index is 13.3. The van der Waals surface area contributed by atoms with Crippen molar-refractivity contribution < 1.29 is 18.5 Å². The first-order chi connectivity index (χ1) is 10.5. The number of amides is 1. The summed E-state index contributed by atoms with van der Waals surface area (Å²) in [5.41, 5.74) is 1.89. The van der Waals surface area contributed by atoms with Gasteiger partial charge >= 0.3 is 0 Å². The number of hydrogen-bond acceptors (Lipinski definition) is 4. The Morgan fingerprint density at radius 3 is 2.68 bits per heavy atom. The minimum atomic E-state index is -0.826. The van der Waals surface area contributed by atoms with Crippen LogP contribution in [-0.4, -0.2) is 17.0 Å². The molecule has 1 amide bonds. The number of hydrogen-bond donors (Lipinski definition) is 1. The number of nitrogens with one attached hydrogen (secondary N) is 1. The Morgan fingerprint density at radius 2 is 2.00 bits per heavy atom. The Hall–Kier alpha value is -3.16. The number of nitro benzene ring substituents is 1. The highest BCUT2D eigenvalue weighted by Crippen LogP contribution is 2.13. The maximum atomic E-state index is 13.3. The van der Waals surface area contributed by atoms with Crippen molar-refractivity contribution in [1.29, 1.82) is 0 Å². The Labute approximate surface area is 123 Å². The Kier molecular flexibility index (Phi) is 4.52. The Bertz CT molecular complexity index is 763. The molecule has 0 aromatic heterocycles. The average molecular weight is 305 g/mol. The molecule has 1 N–H and O–H groups in total. The van der Waals surface area contributed by atoms with Crippen molar-refractivity contribution in [1.82, 2.24) is 5.43 Å². The fraction of sp³-hybridized carbons (Fsp3) is 0. The predicted molar refractivity (Wildman–Crippen MR) is 74.5 cm³/mol. The molecule has 0 bridgehead atoms. The highest BCUT2D eigenvalue weighted by atomic mass is 19.1. The number of rotatable bonds is 4. The number of carbonyl (C=O) groups excluding carboxylic acids is 1. The second-order valence-electron chi connectivity index (χ2n) is 4.17. The highest BCUT2D eigenvalue weighted by molar-refractivity contribution is 5.95. The van der Waals surface area contributed by atoms with Gasteiger partial charge in [0, 0.05) is 29.3 Å². The fourth-order valence-electron chi connectivity index (χ4n) is 1.59. The summed E-state index contributed by atoms with van der Waals surface area (Å²) in [6, 6.07) is 7.95. The SMILES string of the molecule is O=C(N/N=C\c1ccc(F)cc1F)c1cccc([N+](=O)[O-])c1. The minimum Gasteiger partial charge on any atom is -0.267 e. The predicted octanol–water partition coefficient (Wildman–Crippen LogP) is 2.64. The molecule has 0 heterocycles. The van der Waals surface area contributed by atoms with Gasteiger partial charge in [0.25, 0.3) is 11.6 Å². The van der Waals surface area contributed by atoms with Crippen LogP contribution in [0.5, 0.6) is 0 Å². The van der Waals surface area contributed by atoms with Crippen LogP contribution in [-0.2, 0) is 0 Å². The Morgan fingerprint density at radius 1 is 1.23 bits per heavy atom. The molecule has 0 aliphatic carbocycles. The number of halogens is 2. The molecule has 2 rings (SSSR count). The standard InChI is InChI=1S/C14H9F2N3O3/c15-11-5-4-10(13(16)7-11)8-17-18-14(20)9-2-1-3-12(6-9)19(21)22/h1-8H,(H,18,20)/b17-8-. The summed E-state index contributed by atoms with van der Waals surface area (Å²) in [6.07, 6.45) is 1.00. The Balaban J connectivity index is 2.08. The van der Waals surface area contributed by atoms with Crippen LogP contribution in [0.4, 0.5) is 14.5 Å². The first-order valence-corrected chi connectivity index (χ1v) is 6.00. The molecular weight excluding hydrogens is 296 g/mol. The summed E-state index contributed by atoms with van der Waals surface area (Å²) in [6.45, 7) is 0. The fourth-order valence-corrected chi connectivity index (χ4v) is 1.59. The van der Waals surface area contributed by atoms with E-state index < -0.39 is 22.5 Å². The van der Waals surface area contributed by atoms with Crippen LogP contribution in [0.1, 0.15) is 15.9 Å². The third-order valence-corrected chi connectivity index (χ3v) is 2.65. The first kappa shape index (κ1) is 15.2. The lowest BCUT2D eigenvalue weighted by Crippen LogP contribution is -2.17. The van der Waals surface area contributed by atoms with Crippen LogP contribution in [0.15, 0.2) is 47.6 Å². The molecule has 112 valence electrons. The lowest BCUT2D eigenvalue weighted by Gasteiger charge is -2.00. The van der Waals surface area contributed by atoms with E-state index in [2.05, 4.69) is 10.5 Å². The zero-order chi connectivity index (χ0) is 16.1. The second kappa shape index (κ2) is 6.53. The molecule has 0 aliphatic heterocycles. The molecule has 0 saturated carbocycles. The summed E-state index contributed by atoms with van der Waals surface area (Å²) in [5, 5.41) is 14.1. The van der Waals surface area contributed by atoms with E-state index in [4.69, 9.17) is 0 Å². The van der Waals surface area contributed by atoms with Crippen molar-refractivity contribution in [2.24, 2.45) is 5.10 Å². The van der Waals surface area contributed by atoms with Gasteiger partial charge < -0.3 is 0 Å². The molecule has 0 fully saturated rings. The number of benzene rings is 2. The molecule has 0 unspecified atom stereocenters. The summed E-state index contributed by atoms with van der Waals surface area (Å²) < 4.78 is 26.0. The van der Waals surface area contributed by atoms with Gasteiger partial charge in [0.05, 0.1) is 11.1 Å². The largest absolute Gasteiger partial charge is 0.271 e. The van der Waals surface area contributed by atoms with Crippen molar-refractivity contribution in [3.8, 4) is 0 Å². The lowest BCUT2D eigenvalue weighted by molar-refractivity contribution is -0.384. The molecule has 0 spiro atoms. The van der Waals surface area contributed by atoms with E-state index >= 15 is 0 Å². The average Bonchev–Trinajstić information content (AvgIpc) is 2.49. The monoisotopic (exact) mass is 305 g/mol. The summed E-state index contributed by atoms with van der Waals surface area (Å²) in [5.74, 6) is -2.24. The van der Waals surface area contributed by atoms with Gasteiger partial charge in [0.2, 0.25) is 0 Å². The number of nitro groups is 1. The molecular formula is C14H9F2N3O3. The molecule has 2 aromatic carbocycles. The van der Waals surface area contributed by atoms with Gasteiger partial charge in [-0.15, -0.1) is 0 Å². The van der Waals surface area contributed by atoms with Gasteiger partial charge in [0.1, 0.15) is 11.6 Å². The number of non-ortho nitro benzene ring substituents is 1. The third-order valence-electron chi connectivity index (χ3n) is 2.65. The van der Waals surface area contributed by atoms with Gasteiger partial charge in [-0.25, -0.2) is 14.2 Å². The van der Waals surface area contributed by atoms with Crippen LogP contribution >= 0.6 is 0 Å². The topological polar surface area (TPSA) is 84.6 Å². The number of carbonyl (C=O) groups is 1. The number of hydrazone groups is 1. The molecule has 0 atom stereocenters. The first-order valence-electron chi connectivity index (χ1n) is 6.00. The quantitative estimate of drug-likeness (QED) is 0.535. The van der Waals surface area contributed by atoms with E-state index in [0.29, 0.717) is 6.07 Å². The molecule has 8 heteroatoms. The third kappa shape index (κ3) is 3.69.